The van der Waals surface area contributed by atoms with E-state index in [0.717, 1.165) is 31.2 Å². The highest BCUT2D eigenvalue weighted by Gasteiger charge is 2.26. The molecular weight excluding hydrogens is 364 g/mol. The molecule has 5 heteroatoms. The number of benzene rings is 2. The van der Waals surface area contributed by atoms with E-state index in [1.807, 2.05) is 44.2 Å². The molecule has 0 heterocycles. The first kappa shape index (κ1) is 22.5. The molecule has 0 spiro atoms. The fraction of sp³-hybridized carbons (Fsp3) is 0.417. The Labute approximate surface area is 173 Å². The molecule has 0 saturated heterocycles. The maximum absolute atomic E-state index is 12.5. The van der Waals surface area contributed by atoms with Gasteiger partial charge in [0.15, 0.2) is 0 Å². The Morgan fingerprint density at radius 3 is 2.38 bits per heavy atom. The van der Waals surface area contributed by atoms with Crippen molar-refractivity contribution in [1.29, 1.82) is 0 Å². The van der Waals surface area contributed by atoms with E-state index in [2.05, 4.69) is 24.5 Å². The van der Waals surface area contributed by atoms with Gasteiger partial charge in [-0.05, 0) is 30.5 Å². The fourth-order valence-corrected chi connectivity index (χ4v) is 3.25. The summed E-state index contributed by atoms with van der Waals surface area (Å²) in [5.74, 6) is 0.338. The molecule has 0 aliphatic heterocycles. The van der Waals surface area contributed by atoms with Crippen molar-refractivity contribution in [2.24, 2.45) is 5.41 Å². The molecular formula is C24H32N2O3. The Hall–Kier alpha value is -2.82. The van der Waals surface area contributed by atoms with Gasteiger partial charge in [-0.1, -0.05) is 76.9 Å². The Morgan fingerprint density at radius 1 is 1.00 bits per heavy atom. The standard InChI is InChI=1S/C24H32N2O3/c1-5-11-21(18-12-8-7-9-13-18)26-23(28)29-20-15-10-14-19(17-20)25-22(27)24(3,4)16-6-2/h7-10,12-15,17,21H,5-6,11,16H2,1-4H3,(H,25,27)(H,26,28). The summed E-state index contributed by atoms with van der Waals surface area (Å²) in [4.78, 5) is 24.9. The van der Waals surface area contributed by atoms with Gasteiger partial charge in [0.1, 0.15) is 5.75 Å². The van der Waals surface area contributed by atoms with Gasteiger partial charge in [-0.3, -0.25) is 4.79 Å². The van der Waals surface area contributed by atoms with Crippen LogP contribution in [0, 0.1) is 5.41 Å². The highest BCUT2D eigenvalue weighted by molar-refractivity contribution is 5.95. The number of carbonyl (C=O) groups excluding carboxylic acids is 2. The normalized spacial score (nSPS) is 12.1. The molecule has 156 valence electrons. The van der Waals surface area contributed by atoms with E-state index < -0.39 is 11.5 Å². The zero-order valence-corrected chi connectivity index (χ0v) is 17.8. The van der Waals surface area contributed by atoms with Crippen LogP contribution in [0.5, 0.6) is 5.75 Å². The third kappa shape index (κ3) is 6.93. The number of anilines is 1. The van der Waals surface area contributed by atoms with E-state index in [1.165, 1.54) is 0 Å². The summed E-state index contributed by atoms with van der Waals surface area (Å²) in [6.45, 7) is 7.99. The van der Waals surface area contributed by atoms with Gasteiger partial charge in [-0.25, -0.2) is 4.79 Å². The zero-order valence-electron chi connectivity index (χ0n) is 17.8. The van der Waals surface area contributed by atoms with E-state index in [0.29, 0.717) is 11.4 Å². The molecule has 2 rings (SSSR count). The SMILES string of the molecule is CCCC(NC(=O)Oc1cccc(NC(=O)C(C)(C)CCC)c1)c1ccccc1. The Balaban J connectivity index is 2.01. The third-order valence-corrected chi connectivity index (χ3v) is 4.86. The Kier molecular flexibility index (Phi) is 8.25. The van der Waals surface area contributed by atoms with Crippen LogP contribution in [0.25, 0.3) is 0 Å². The van der Waals surface area contributed by atoms with Crippen molar-refractivity contribution in [2.75, 3.05) is 5.32 Å². The van der Waals surface area contributed by atoms with E-state index in [4.69, 9.17) is 4.74 Å². The van der Waals surface area contributed by atoms with Crippen LogP contribution in [-0.4, -0.2) is 12.0 Å². The first-order chi connectivity index (χ1) is 13.9. The third-order valence-electron chi connectivity index (χ3n) is 4.86. The number of nitrogens with one attached hydrogen (secondary N) is 2. The van der Waals surface area contributed by atoms with E-state index in [-0.39, 0.29) is 11.9 Å². The number of hydrogen-bond acceptors (Lipinski definition) is 3. The highest BCUT2D eigenvalue weighted by atomic mass is 16.6. The van der Waals surface area contributed by atoms with Crippen molar-refractivity contribution in [2.45, 2.75) is 59.4 Å². The van der Waals surface area contributed by atoms with Crippen molar-refractivity contribution in [1.82, 2.24) is 5.32 Å². The predicted octanol–water partition coefficient (Wildman–Crippen LogP) is 6.08. The molecule has 1 atom stereocenters. The minimum absolute atomic E-state index is 0.0481. The van der Waals surface area contributed by atoms with Crippen LogP contribution in [0.2, 0.25) is 0 Å². The average Bonchev–Trinajstić information content (AvgIpc) is 2.68. The molecule has 2 aromatic rings. The molecule has 0 fully saturated rings. The number of ether oxygens (including phenoxy) is 1. The van der Waals surface area contributed by atoms with Crippen LogP contribution in [0.3, 0.4) is 0 Å². The zero-order chi connectivity index (χ0) is 21.3. The highest BCUT2D eigenvalue weighted by Crippen LogP contribution is 2.26. The second-order valence-corrected chi connectivity index (χ2v) is 7.90. The molecule has 1 unspecified atom stereocenters. The van der Waals surface area contributed by atoms with Crippen LogP contribution in [-0.2, 0) is 4.79 Å². The molecule has 0 radical (unpaired) electrons. The molecule has 0 bridgehead atoms. The predicted molar refractivity (Wildman–Crippen MR) is 117 cm³/mol. The van der Waals surface area contributed by atoms with Crippen molar-refractivity contribution in [3.05, 3.63) is 60.2 Å². The van der Waals surface area contributed by atoms with Gasteiger partial charge < -0.3 is 15.4 Å². The summed E-state index contributed by atoms with van der Waals surface area (Å²) in [5.41, 5.74) is 1.20. The second kappa shape index (κ2) is 10.6. The molecule has 2 amide bonds. The van der Waals surface area contributed by atoms with Crippen molar-refractivity contribution >= 4 is 17.7 Å². The first-order valence-electron chi connectivity index (χ1n) is 10.3. The van der Waals surface area contributed by atoms with Crippen LogP contribution in [0.1, 0.15) is 65.0 Å². The van der Waals surface area contributed by atoms with Crippen LogP contribution < -0.4 is 15.4 Å². The van der Waals surface area contributed by atoms with Gasteiger partial charge in [0.2, 0.25) is 5.91 Å². The summed E-state index contributed by atoms with van der Waals surface area (Å²) in [5, 5.41) is 5.85. The Morgan fingerprint density at radius 2 is 1.72 bits per heavy atom. The van der Waals surface area contributed by atoms with Crippen molar-refractivity contribution in [3.63, 3.8) is 0 Å². The van der Waals surface area contributed by atoms with Gasteiger partial charge in [0.25, 0.3) is 0 Å². The average molecular weight is 397 g/mol. The smallest absolute Gasteiger partial charge is 0.410 e. The molecule has 2 aromatic carbocycles. The maximum Gasteiger partial charge on any atom is 0.413 e. The number of hydrogen-bond donors (Lipinski definition) is 2. The lowest BCUT2D eigenvalue weighted by molar-refractivity contribution is -0.124. The molecule has 0 aromatic heterocycles. The number of amides is 2. The van der Waals surface area contributed by atoms with Gasteiger partial charge in [-0.15, -0.1) is 0 Å². The summed E-state index contributed by atoms with van der Waals surface area (Å²) in [6.07, 6.45) is 2.98. The van der Waals surface area contributed by atoms with E-state index in [1.54, 1.807) is 24.3 Å². The molecule has 5 nitrogen and oxygen atoms in total. The summed E-state index contributed by atoms with van der Waals surface area (Å²) >= 11 is 0. The minimum Gasteiger partial charge on any atom is -0.410 e. The topological polar surface area (TPSA) is 67.4 Å². The maximum atomic E-state index is 12.5. The van der Waals surface area contributed by atoms with Gasteiger partial charge in [0, 0.05) is 17.2 Å². The van der Waals surface area contributed by atoms with E-state index in [9.17, 15) is 9.59 Å². The number of carbonyl (C=O) groups is 2. The quantitative estimate of drug-likeness (QED) is 0.539. The van der Waals surface area contributed by atoms with Gasteiger partial charge in [0.05, 0.1) is 6.04 Å². The second-order valence-electron chi connectivity index (χ2n) is 7.90. The first-order valence-corrected chi connectivity index (χ1v) is 10.3. The lowest BCUT2D eigenvalue weighted by Gasteiger charge is -2.23. The van der Waals surface area contributed by atoms with Crippen LogP contribution in [0.4, 0.5) is 10.5 Å². The fourth-order valence-electron chi connectivity index (χ4n) is 3.25. The molecule has 0 aliphatic rings. The Bertz CT molecular complexity index is 803. The van der Waals surface area contributed by atoms with E-state index >= 15 is 0 Å². The number of rotatable bonds is 9. The van der Waals surface area contributed by atoms with Crippen LogP contribution >= 0.6 is 0 Å². The molecule has 0 aliphatic carbocycles. The monoisotopic (exact) mass is 396 g/mol. The lowest BCUT2D eigenvalue weighted by atomic mass is 9.87. The van der Waals surface area contributed by atoms with Crippen molar-refractivity contribution < 1.29 is 14.3 Å². The summed E-state index contributed by atoms with van der Waals surface area (Å²) in [7, 11) is 0. The lowest BCUT2D eigenvalue weighted by Crippen LogP contribution is -2.31. The summed E-state index contributed by atoms with van der Waals surface area (Å²) < 4.78 is 5.47. The van der Waals surface area contributed by atoms with Gasteiger partial charge in [-0.2, -0.15) is 0 Å². The largest absolute Gasteiger partial charge is 0.413 e. The minimum atomic E-state index is -0.512. The molecule has 29 heavy (non-hydrogen) atoms. The molecule has 0 saturated carbocycles. The summed E-state index contributed by atoms with van der Waals surface area (Å²) in [6, 6.07) is 16.7. The van der Waals surface area contributed by atoms with Gasteiger partial charge >= 0.3 is 6.09 Å². The molecule has 2 N–H and O–H groups in total. The van der Waals surface area contributed by atoms with Crippen molar-refractivity contribution in [3.8, 4) is 5.75 Å². The van der Waals surface area contributed by atoms with Crippen LogP contribution in [0.15, 0.2) is 54.6 Å².